The second kappa shape index (κ2) is 6.42. The maximum Gasteiger partial charge on any atom is 0.228 e. The van der Waals surface area contributed by atoms with Crippen molar-refractivity contribution in [3.63, 3.8) is 0 Å². The molecule has 20 heavy (non-hydrogen) atoms. The first-order valence-corrected chi connectivity index (χ1v) is 7.44. The van der Waals surface area contributed by atoms with Crippen molar-refractivity contribution in [1.82, 2.24) is 0 Å². The van der Waals surface area contributed by atoms with Gasteiger partial charge in [0.2, 0.25) is 5.91 Å². The lowest BCUT2D eigenvalue weighted by atomic mass is 10.0. The van der Waals surface area contributed by atoms with Gasteiger partial charge < -0.3 is 5.32 Å². The average molecular weight is 353 g/mol. The van der Waals surface area contributed by atoms with Gasteiger partial charge in [-0.3, -0.25) is 4.79 Å². The lowest BCUT2D eigenvalue weighted by molar-refractivity contribution is -0.115. The number of halogens is 2. The van der Waals surface area contributed by atoms with E-state index in [1.807, 2.05) is 25.1 Å². The lowest BCUT2D eigenvalue weighted by Crippen LogP contribution is -2.14. The highest BCUT2D eigenvalue weighted by Gasteiger charge is 2.07. The summed E-state index contributed by atoms with van der Waals surface area (Å²) in [7, 11) is 0. The molecule has 0 spiro atoms. The Morgan fingerprint density at radius 1 is 1.15 bits per heavy atom. The maximum atomic E-state index is 12.1. The lowest BCUT2D eigenvalue weighted by Gasteiger charge is -2.09. The van der Waals surface area contributed by atoms with Crippen molar-refractivity contribution in [1.29, 1.82) is 0 Å². The molecule has 2 nitrogen and oxygen atoms in total. The van der Waals surface area contributed by atoms with Crippen molar-refractivity contribution in [2.75, 3.05) is 5.32 Å². The van der Waals surface area contributed by atoms with Crippen LogP contribution in [0.3, 0.4) is 0 Å². The Hall–Kier alpha value is -1.32. The van der Waals surface area contributed by atoms with Gasteiger partial charge in [-0.25, -0.2) is 0 Å². The van der Waals surface area contributed by atoms with E-state index < -0.39 is 0 Å². The van der Waals surface area contributed by atoms with Crippen LogP contribution in [0.25, 0.3) is 0 Å². The minimum Gasteiger partial charge on any atom is -0.325 e. The molecular weight excluding hydrogens is 338 g/mol. The van der Waals surface area contributed by atoms with Crippen LogP contribution in [0, 0.1) is 13.8 Å². The molecule has 2 aromatic rings. The third-order valence-electron chi connectivity index (χ3n) is 3.14. The van der Waals surface area contributed by atoms with Gasteiger partial charge in [-0.15, -0.1) is 0 Å². The normalized spacial score (nSPS) is 10.4. The standard InChI is InChI=1S/C16H15BrClNO/c1-10-3-4-12(7-11(10)2)8-16(20)19-15-6-5-13(18)9-14(15)17/h3-7,9H,8H2,1-2H3,(H,19,20). The summed E-state index contributed by atoms with van der Waals surface area (Å²) in [5.74, 6) is -0.0451. The molecule has 2 aromatic carbocycles. The number of nitrogens with one attached hydrogen (secondary N) is 1. The van der Waals surface area contributed by atoms with E-state index in [4.69, 9.17) is 11.6 Å². The summed E-state index contributed by atoms with van der Waals surface area (Å²) in [5.41, 5.74) is 4.16. The molecule has 0 saturated carbocycles. The van der Waals surface area contributed by atoms with Gasteiger partial charge in [0.25, 0.3) is 0 Å². The Labute approximate surface area is 132 Å². The third-order valence-corrected chi connectivity index (χ3v) is 4.03. The fraction of sp³-hybridized carbons (Fsp3) is 0.188. The van der Waals surface area contributed by atoms with Crippen molar-refractivity contribution in [3.8, 4) is 0 Å². The van der Waals surface area contributed by atoms with E-state index in [0.29, 0.717) is 11.4 Å². The van der Waals surface area contributed by atoms with Gasteiger partial charge in [-0.2, -0.15) is 0 Å². The molecule has 0 saturated heterocycles. The fourth-order valence-electron chi connectivity index (χ4n) is 1.88. The highest BCUT2D eigenvalue weighted by atomic mass is 79.9. The van der Waals surface area contributed by atoms with E-state index in [2.05, 4.69) is 28.2 Å². The summed E-state index contributed by atoms with van der Waals surface area (Å²) >= 11 is 9.26. The second-order valence-electron chi connectivity index (χ2n) is 4.77. The number of anilines is 1. The molecule has 0 aliphatic carbocycles. The van der Waals surface area contributed by atoms with Crippen molar-refractivity contribution < 1.29 is 4.79 Å². The molecule has 1 amide bonds. The van der Waals surface area contributed by atoms with Crippen LogP contribution in [-0.2, 0) is 11.2 Å². The van der Waals surface area contributed by atoms with Crippen LogP contribution >= 0.6 is 27.5 Å². The number of aryl methyl sites for hydroxylation is 2. The number of carbonyl (C=O) groups excluding carboxylic acids is 1. The Balaban J connectivity index is 2.07. The largest absolute Gasteiger partial charge is 0.325 e. The van der Waals surface area contributed by atoms with E-state index in [-0.39, 0.29) is 5.91 Å². The van der Waals surface area contributed by atoms with Crippen molar-refractivity contribution in [2.24, 2.45) is 0 Å². The van der Waals surface area contributed by atoms with Crippen LogP contribution in [0.2, 0.25) is 5.02 Å². The Kier molecular flexibility index (Phi) is 4.84. The van der Waals surface area contributed by atoms with Crippen LogP contribution in [0.15, 0.2) is 40.9 Å². The summed E-state index contributed by atoms with van der Waals surface area (Å²) in [5, 5.41) is 3.50. The number of amides is 1. The molecular formula is C16H15BrClNO. The number of carbonyl (C=O) groups is 1. The second-order valence-corrected chi connectivity index (χ2v) is 6.06. The summed E-state index contributed by atoms with van der Waals surface area (Å²) in [6, 6.07) is 11.4. The first-order chi connectivity index (χ1) is 9.45. The molecule has 2 rings (SSSR count). The van der Waals surface area contributed by atoms with Crippen molar-refractivity contribution >= 4 is 39.1 Å². The topological polar surface area (TPSA) is 29.1 Å². The molecule has 0 aliphatic heterocycles. The monoisotopic (exact) mass is 351 g/mol. The van der Waals surface area contributed by atoms with E-state index in [1.165, 1.54) is 11.1 Å². The van der Waals surface area contributed by atoms with Gasteiger partial charge in [0, 0.05) is 9.50 Å². The number of benzene rings is 2. The third kappa shape index (κ3) is 3.84. The zero-order valence-electron chi connectivity index (χ0n) is 11.3. The zero-order valence-corrected chi connectivity index (χ0v) is 13.7. The first kappa shape index (κ1) is 15.1. The fourth-order valence-corrected chi connectivity index (χ4v) is 2.67. The summed E-state index contributed by atoms with van der Waals surface area (Å²) in [6.07, 6.45) is 0.357. The van der Waals surface area contributed by atoms with Crippen LogP contribution in [0.1, 0.15) is 16.7 Å². The number of hydrogen-bond acceptors (Lipinski definition) is 1. The highest BCUT2D eigenvalue weighted by Crippen LogP contribution is 2.26. The Morgan fingerprint density at radius 2 is 1.90 bits per heavy atom. The molecule has 1 N–H and O–H groups in total. The van der Waals surface area contributed by atoms with Gasteiger partial charge in [0.15, 0.2) is 0 Å². The summed E-state index contributed by atoms with van der Waals surface area (Å²) in [6.45, 7) is 4.11. The number of rotatable bonds is 3. The Bertz CT molecular complexity index is 655. The van der Waals surface area contributed by atoms with Crippen LogP contribution < -0.4 is 5.32 Å². The average Bonchev–Trinajstić information content (AvgIpc) is 2.37. The molecule has 0 unspecified atom stereocenters. The predicted octanol–water partition coefficient (Wildman–Crippen LogP) is 4.90. The van der Waals surface area contributed by atoms with Gasteiger partial charge in [-0.1, -0.05) is 29.8 Å². The minimum absolute atomic E-state index is 0.0451. The van der Waals surface area contributed by atoms with E-state index in [0.717, 1.165) is 15.7 Å². The molecule has 0 fully saturated rings. The molecule has 104 valence electrons. The van der Waals surface area contributed by atoms with Gasteiger partial charge in [0.1, 0.15) is 0 Å². The van der Waals surface area contributed by atoms with Gasteiger partial charge in [0.05, 0.1) is 12.1 Å². The molecule has 0 radical (unpaired) electrons. The molecule has 0 atom stereocenters. The smallest absolute Gasteiger partial charge is 0.228 e. The molecule has 0 bridgehead atoms. The van der Waals surface area contributed by atoms with Crippen LogP contribution in [-0.4, -0.2) is 5.91 Å². The molecule has 0 aliphatic rings. The van der Waals surface area contributed by atoms with E-state index >= 15 is 0 Å². The molecule has 0 aromatic heterocycles. The van der Waals surface area contributed by atoms with Crippen molar-refractivity contribution in [2.45, 2.75) is 20.3 Å². The highest BCUT2D eigenvalue weighted by molar-refractivity contribution is 9.10. The van der Waals surface area contributed by atoms with Crippen molar-refractivity contribution in [3.05, 3.63) is 62.6 Å². The SMILES string of the molecule is Cc1ccc(CC(=O)Nc2ccc(Cl)cc2Br)cc1C. The summed E-state index contributed by atoms with van der Waals surface area (Å²) < 4.78 is 0.776. The first-order valence-electron chi connectivity index (χ1n) is 6.27. The predicted molar refractivity (Wildman–Crippen MR) is 87.4 cm³/mol. The van der Waals surface area contributed by atoms with E-state index in [1.54, 1.807) is 18.2 Å². The quantitative estimate of drug-likeness (QED) is 0.836. The molecule has 0 heterocycles. The zero-order chi connectivity index (χ0) is 14.7. The van der Waals surface area contributed by atoms with Gasteiger partial charge >= 0.3 is 0 Å². The van der Waals surface area contributed by atoms with E-state index in [9.17, 15) is 4.79 Å². The maximum absolute atomic E-state index is 12.1. The number of hydrogen-bond donors (Lipinski definition) is 1. The van der Waals surface area contributed by atoms with Crippen LogP contribution in [0.5, 0.6) is 0 Å². The van der Waals surface area contributed by atoms with Gasteiger partial charge in [-0.05, 0) is 64.7 Å². The van der Waals surface area contributed by atoms with Crippen LogP contribution in [0.4, 0.5) is 5.69 Å². The minimum atomic E-state index is -0.0451. The summed E-state index contributed by atoms with van der Waals surface area (Å²) in [4.78, 5) is 12.1. The Morgan fingerprint density at radius 3 is 2.55 bits per heavy atom. The molecule has 4 heteroatoms.